The van der Waals surface area contributed by atoms with Gasteiger partial charge in [-0.1, -0.05) is 105 Å². The number of carbonyl (C=O) groups excluding carboxylic acids is 2. The Hall–Kier alpha value is -4.11. The number of hydrogen-bond acceptors (Lipinski definition) is 7. The quantitative estimate of drug-likeness (QED) is 0.110. The summed E-state index contributed by atoms with van der Waals surface area (Å²) in [5.74, 6) is -0.196. The number of rotatable bonds is 11. The van der Waals surface area contributed by atoms with Gasteiger partial charge in [-0.3, -0.25) is 9.59 Å². The summed E-state index contributed by atoms with van der Waals surface area (Å²) in [6.07, 6.45) is 5.12. The van der Waals surface area contributed by atoms with Crippen LogP contribution in [-0.4, -0.2) is 59.3 Å². The Bertz CT molecular complexity index is 2040. The Morgan fingerprint density at radius 2 is 1.57 bits per heavy atom. The zero-order chi connectivity index (χ0) is 41.3. The van der Waals surface area contributed by atoms with Crippen LogP contribution in [0.1, 0.15) is 96.3 Å². The number of fused-ring (bicyclic) bond motifs is 3. The van der Waals surface area contributed by atoms with Gasteiger partial charge in [0.25, 0.3) is 8.32 Å². The van der Waals surface area contributed by atoms with Gasteiger partial charge in [0.05, 0.1) is 31.7 Å². The molecule has 4 aromatic rings. The Labute approximate surface area is 351 Å². The lowest BCUT2D eigenvalue weighted by Gasteiger charge is -2.47. The molecule has 9 heteroatoms. The smallest absolute Gasteiger partial charge is 0.313 e. The number of benzene rings is 4. The molecule has 0 radical (unpaired) electrons. The van der Waals surface area contributed by atoms with Crippen molar-refractivity contribution >= 4 is 47.9 Å². The highest BCUT2D eigenvalue weighted by Crippen LogP contribution is 2.47. The van der Waals surface area contributed by atoms with E-state index in [2.05, 4.69) is 105 Å². The van der Waals surface area contributed by atoms with Crippen molar-refractivity contribution in [3.05, 3.63) is 119 Å². The van der Waals surface area contributed by atoms with E-state index in [1.807, 2.05) is 39.0 Å². The number of nitrogens with zero attached hydrogens (tertiary/aromatic N) is 1. The first-order valence-corrected chi connectivity index (χ1v) is 23.3. The van der Waals surface area contributed by atoms with Crippen molar-refractivity contribution in [2.75, 3.05) is 38.3 Å². The van der Waals surface area contributed by atoms with Crippen LogP contribution in [0.3, 0.4) is 0 Å². The number of halogens is 1. The van der Waals surface area contributed by atoms with Crippen LogP contribution in [-0.2, 0) is 35.3 Å². The molecule has 0 amide bonds. The molecule has 0 N–H and O–H groups in total. The summed E-state index contributed by atoms with van der Waals surface area (Å²) >= 11 is 6.55. The third kappa shape index (κ3) is 8.61. The highest BCUT2D eigenvalue weighted by molar-refractivity contribution is 6.99. The molecule has 1 aliphatic heterocycles. The molecule has 0 saturated heterocycles. The largest absolute Gasteiger partial charge is 0.490 e. The van der Waals surface area contributed by atoms with E-state index in [1.54, 1.807) is 0 Å². The molecule has 0 unspecified atom stereocenters. The van der Waals surface area contributed by atoms with Gasteiger partial charge in [0, 0.05) is 30.1 Å². The summed E-state index contributed by atoms with van der Waals surface area (Å²) in [6, 6.07) is 34.0. The number of anilines is 1. The molecule has 4 atom stereocenters. The fourth-order valence-electron chi connectivity index (χ4n) is 9.75. The summed E-state index contributed by atoms with van der Waals surface area (Å²) in [5, 5.41) is 3.23. The standard InChI is InChI=1S/C49H60ClNO6Si/c1-47(2,3)57-45(52)29-41(46(53)54-7)34-22-25-44-43(28-34)51(32-49(33-55-44)26-14-15-35-27-38(50)23-24-42(35)49)30-36-20-21-37(36)31-56-58(48(4,5)6,39-16-10-8-11-17-39)40-18-12-9-13-19-40/h8-13,16-19,22-25,27-28,36-37,41H,14-15,20-21,26,29-33H2,1-7H3/t36-,37-,41-,49-/m0/s1. The molecule has 7 nitrogen and oxygen atoms in total. The summed E-state index contributed by atoms with van der Waals surface area (Å²) < 4.78 is 25.2. The predicted molar refractivity (Wildman–Crippen MR) is 235 cm³/mol. The molecule has 0 bridgehead atoms. The third-order valence-corrected chi connectivity index (χ3v) is 17.9. The average Bonchev–Trinajstić information content (AvgIpc) is 3.33. The molecule has 1 saturated carbocycles. The molecule has 1 heterocycles. The molecule has 58 heavy (non-hydrogen) atoms. The number of ether oxygens (including phenoxy) is 3. The lowest BCUT2D eigenvalue weighted by molar-refractivity contribution is -0.158. The molecule has 1 fully saturated rings. The van der Waals surface area contributed by atoms with Crippen LogP contribution in [0.4, 0.5) is 5.69 Å². The van der Waals surface area contributed by atoms with Gasteiger partial charge in [-0.25, -0.2) is 0 Å². The SMILES string of the molecule is COC(=O)[C@@H](CC(=O)OC(C)(C)C)c1ccc2c(c1)N(C[C@@H]1CC[C@H]1CO[Si](c1ccccc1)(c1ccccc1)C(C)(C)C)C[C@@]1(CCCc3cc(Cl)ccc31)CO2. The van der Waals surface area contributed by atoms with Crippen molar-refractivity contribution in [2.45, 2.75) is 102 Å². The normalized spacial score (nSPS) is 21.1. The fraction of sp³-hybridized carbons (Fsp3) is 0.469. The minimum Gasteiger partial charge on any atom is -0.490 e. The van der Waals surface area contributed by atoms with Crippen molar-refractivity contribution in [2.24, 2.45) is 11.8 Å². The Balaban J connectivity index is 1.23. The van der Waals surface area contributed by atoms with E-state index >= 15 is 0 Å². The van der Waals surface area contributed by atoms with E-state index in [4.69, 9.17) is 30.2 Å². The molecule has 4 aromatic carbocycles. The van der Waals surface area contributed by atoms with Gasteiger partial charge in [0.1, 0.15) is 11.4 Å². The monoisotopic (exact) mass is 821 g/mol. The number of carbonyl (C=O) groups is 2. The summed E-state index contributed by atoms with van der Waals surface area (Å²) in [7, 11) is -1.34. The van der Waals surface area contributed by atoms with Crippen LogP contribution in [0, 0.1) is 11.8 Å². The van der Waals surface area contributed by atoms with E-state index in [0.717, 1.165) is 61.7 Å². The second-order valence-electron chi connectivity index (χ2n) is 18.8. The fourth-order valence-corrected chi connectivity index (χ4v) is 14.6. The zero-order valence-electron chi connectivity index (χ0n) is 35.3. The van der Waals surface area contributed by atoms with Crippen LogP contribution in [0.5, 0.6) is 5.75 Å². The van der Waals surface area contributed by atoms with Crippen molar-refractivity contribution < 1.29 is 28.2 Å². The van der Waals surface area contributed by atoms with Crippen LogP contribution >= 0.6 is 11.6 Å². The molecule has 308 valence electrons. The maximum absolute atomic E-state index is 13.3. The molecular formula is C49H60ClNO6Si. The Kier molecular flexibility index (Phi) is 12.2. The first kappa shape index (κ1) is 42.0. The summed E-state index contributed by atoms with van der Waals surface area (Å²) in [5.41, 5.74) is 3.31. The van der Waals surface area contributed by atoms with E-state index in [0.29, 0.717) is 30.6 Å². The first-order chi connectivity index (χ1) is 27.6. The lowest BCUT2D eigenvalue weighted by Crippen LogP contribution is -2.67. The van der Waals surface area contributed by atoms with Crippen molar-refractivity contribution in [3.63, 3.8) is 0 Å². The van der Waals surface area contributed by atoms with E-state index in [9.17, 15) is 9.59 Å². The minimum absolute atomic E-state index is 0.106. The molecule has 3 aliphatic rings. The van der Waals surface area contributed by atoms with Gasteiger partial charge in [0.2, 0.25) is 0 Å². The van der Waals surface area contributed by atoms with Gasteiger partial charge in [0.15, 0.2) is 0 Å². The Morgan fingerprint density at radius 1 is 0.897 bits per heavy atom. The molecule has 0 aromatic heterocycles. The van der Waals surface area contributed by atoms with Crippen LogP contribution in [0.2, 0.25) is 10.1 Å². The third-order valence-electron chi connectivity index (χ3n) is 12.7. The van der Waals surface area contributed by atoms with Gasteiger partial charge in [-0.05, 0) is 121 Å². The second kappa shape index (κ2) is 16.9. The van der Waals surface area contributed by atoms with Crippen molar-refractivity contribution in [1.29, 1.82) is 0 Å². The topological polar surface area (TPSA) is 74.3 Å². The van der Waals surface area contributed by atoms with Crippen LogP contribution < -0.4 is 20.0 Å². The lowest BCUT2D eigenvalue weighted by atomic mass is 9.69. The van der Waals surface area contributed by atoms with Gasteiger partial charge < -0.3 is 23.5 Å². The maximum atomic E-state index is 13.3. The highest BCUT2D eigenvalue weighted by Gasteiger charge is 2.51. The Morgan fingerprint density at radius 3 is 2.17 bits per heavy atom. The summed E-state index contributed by atoms with van der Waals surface area (Å²) in [6.45, 7) is 15.3. The van der Waals surface area contributed by atoms with E-state index in [1.165, 1.54) is 28.6 Å². The molecule has 2 aliphatic carbocycles. The number of esters is 2. The van der Waals surface area contributed by atoms with Gasteiger partial charge in [-0.15, -0.1) is 0 Å². The van der Waals surface area contributed by atoms with Crippen LogP contribution in [0.15, 0.2) is 97.1 Å². The number of methoxy groups -OCH3 is 1. The maximum Gasteiger partial charge on any atom is 0.313 e. The summed E-state index contributed by atoms with van der Waals surface area (Å²) in [4.78, 5) is 29.0. The molecule has 1 spiro atoms. The number of hydrogen-bond donors (Lipinski definition) is 0. The second-order valence-corrected chi connectivity index (χ2v) is 23.5. The van der Waals surface area contributed by atoms with Crippen LogP contribution in [0.25, 0.3) is 0 Å². The average molecular weight is 823 g/mol. The van der Waals surface area contributed by atoms with Gasteiger partial charge in [-0.2, -0.15) is 0 Å². The predicted octanol–water partition coefficient (Wildman–Crippen LogP) is 9.40. The number of aryl methyl sites for hydroxylation is 1. The molecule has 7 rings (SSSR count). The van der Waals surface area contributed by atoms with Gasteiger partial charge >= 0.3 is 11.9 Å². The minimum atomic E-state index is -2.71. The zero-order valence-corrected chi connectivity index (χ0v) is 37.1. The van der Waals surface area contributed by atoms with Crippen molar-refractivity contribution in [3.8, 4) is 5.75 Å². The first-order valence-electron chi connectivity index (χ1n) is 21.0. The van der Waals surface area contributed by atoms with E-state index in [-0.39, 0.29) is 16.9 Å². The highest BCUT2D eigenvalue weighted by atomic mass is 35.5. The van der Waals surface area contributed by atoms with Crippen molar-refractivity contribution in [1.82, 2.24) is 0 Å². The van der Waals surface area contributed by atoms with E-state index < -0.39 is 31.8 Å². The molecular weight excluding hydrogens is 762 g/mol.